The Balaban J connectivity index is 1.53. The van der Waals surface area contributed by atoms with Gasteiger partial charge in [-0.2, -0.15) is 8.42 Å². The minimum absolute atomic E-state index is 0.0250. The number of rotatable bonds is 7. The molecule has 0 radical (unpaired) electrons. The highest BCUT2D eigenvalue weighted by molar-refractivity contribution is 7.86. The Bertz CT molecular complexity index is 662. The molecule has 1 aromatic carbocycles. The zero-order valence-electron chi connectivity index (χ0n) is 14.8. The van der Waals surface area contributed by atoms with Gasteiger partial charge in [0.25, 0.3) is 10.1 Å². The van der Waals surface area contributed by atoms with Gasteiger partial charge in [-0.3, -0.25) is 4.18 Å². The average Bonchev–Trinajstić information content (AvgIpc) is 2.55. The van der Waals surface area contributed by atoms with Crippen LogP contribution in [0, 0.1) is 5.92 Å². The first-order valence-corrected chi connectivity index (χ1v) is 11.2. The summed E-state index contributed by atoms with van der Waals surface area (Å²) < 4.78 is 30.0. The lowest BCUT2D eigenvalue weighted by molar-refractivity contribution is 0.203. The maximum absolute atomic E-state index is 12.3. The second kappa shape index (κ2) is 7.95. The van der Waals surface area contributed by atoms with Gasteiger partial charge in [-0.05, 0) is 68.1 Å². The molecular weight excluding hydrogens is 358 g/mol. The van der Waals surface area contributed by atoms with Crippen LogP contribution in [-0.4, -0.2) is 33.4 Å². The third-order valence-corrected chi connectivity index (χ3v) is 7.30. The summed E-state index contributed by atoms with van der Waals surface area (Å²) in [5, 5.41) is 4.10. The molecule has 4 nitrogen and oxygen atoms in total. The molecule has 2 fully saturated rings. The number of halogens is 1. The van der Waals surface area contributed by atoms with E-state index in [-0.39, 0.29) is 11.2 Å². The van der Waals surface area contributed by atoms with Gasteiger partial charge in [0.05, 0.1) is 12.4 Å². The van der Waals surface area contributed by atoms with Gasteiger partial charge in [-0.15, -0.1) is 0 Å². The van der Waals surface area contributed by atoms with Crippen molar-refractivity contribution in [1.82, 2.24) is 5.32 Å². The van der Waals surface area contributed by atoms with Crippen LogP contribution >= 0.6 is 11.6 Å². The summed E-state index contributed by atoms with van der Waals surface area (Å²) in [5.41, 5.74) is 1.17. The molecule has 140 valence electrons. The lowest BCUT2D eigenvalue weighted by Gasteiger charge is -2.42. The largest absolute Gasteiger partial charge is 0.314 e. The zero-order chi connectivity index (χ0) is 17.9. The van der Waals surface area contributed by atoms with Gasteiger partial charge in [0.1, 0.15) is 0 Å². The third kappa shape index (κ3) is 4.97. The molecule has 2 atom stereocenters. The first-order chi connectivity index (χ1) is 11.9. The van der Waals surface area contributed by atoms with E-state index < -0.39 is 10.1 Å². The van der Waals surface area contributed by atoms with Gasteiger partial charge < -0.3 is 5.32 Å². The van der Waals surface area contributed by atoms with Gasteiger partial charge in [0, 0.05) is 17.6 Å². The number of nitrogens with one attached hydrogen (secondary N) is 1. The molecule has 1 N–H and O–H groups in total. The lowest BCUT2D eigenvalue weighted by Crippen LogP contribution is -2.39. The molecule has 2 unspecified atom stereocenters. The summed E-state index contributed by atoms with van der Waals surface area (Å²) in [7, 11) is -3.47. The van der Waals surface area contributed by atoms with E-state index in [4.69, 9.17) is 15.8 Å². The molecule has 2 aliphatic rings. The van der Waals surface area contributed by atoms with Crippen molar-refractivity contribution in [2.45, 2.75) is 56.9 Å². The van der Waals surface area contributed by atoms with Crippen LogP contribution in [0.1, 0.15) is 51.0 Å². The standard InChI is InChI=1S/C19H28ClNO3S/c1-15-3-4-16(13-21-15)14-24-25(22,23)12-11-19(9-2-10-19)17-5-7-18(20)8-6-17/h5-8,15-16,21H,2-4,9-14H2,1H3. The number of benzene rings is 1. The quantitative estimate of drug-likeness (QED) is 0.723. The first-order valence-electron chi connectivity index (χ1n) is 9.25. The normalized spacial score (nSPS) is 26.2. The molecular formula is C19H28ClNO3S. The minimum Gasteiger partial charge on any atom is -0.314 e. The van der Waals surface area contributed by atoms with Crippen molar-refractivity contribution in [3.8, 4) is 0 Å². The number of hydrogen-bond acceptors (Lipinski definition) is 4. The molecule has 1 aliphatic heterocycles. The second-order valence-corrected chi connectivity index (χ2v) is 9.89. The Morgan fingerprint density at radius 3 is 2.52 bits per heavy atom. The van der Waals surface area contributed by atoms with E-state index in [0.29, 0.717) is 30.0 Å². The van der Waals surface area contributed by atoms with E-state index in [9.17, 15) is 8.42 Å². The Morgan fingerprint density at radius 2 is 1.96 bits per heavy atom. The molecule has 3 rings (SSSR count). The molecule has 1 aromatic rings. The summed E-state index contributed by atoms with van der Waals surface area (Å²) in [6, 6.07) is 8.36. The highest BCUT2D eigenvalue weighted by Crippen LogP contribution is 2.46. The van der Waals surface area contributed by atoms with Crippen molar-refractivity contribution < 1.29 is 12.6 Å². The van der Waals surface area contributed by atoms with E-state index in [2.05, 4.69) is 12.2 Å². The van der Waals surface area contributed by atoms with Crippen LogP contribution in [-0.2, 0) is 19.7 Å². The van der Waals surface area contributed by atoms with Gasteiger partial charge in [-0.1, -0.05) is 30.2 Å². The van der Waals surface area contributed by atoms with Crippen LogP contribution < -0.4 is 5.32 Å². The minimum atomic E-state index is -3.47. The van der Waals surface area contributed by atoms with Crippen LogP contribution in [0.15, 0.2) is 24.3 Å². The summed E-state index contributed by atoms with van der Waals surface area (Å²) in [6.45, 7) is 3.30. The molecule has 1 aliphatic carbocycles. The molecule has 6 heteroatoms. The lowest BCUT2D eigenvalue weighted by atomic mass is 9.63. The highest BCUT2D eigenvalue weighted by Gasteiger charge is 2.39. The zero-order valence-corrected chi connectivity index (χ0v) is 16.4. The van der Waals surface area contributed by atoms with Crippen molar-refractivity contribution in [2.24, 2.45) is 5.92 Å². The van der Waals surface area contributed by atoms with Crippen LogP contribution in [0.5, 0.6) is 0 Å². The second-order valence-electron chi connectivity index (χ2n) is 7.69. The molecule has 1 heterocycles. The van der Waals surface area contributed by atoms with Gasteiger partial charge in [-0.25, -0.2) is 0 Å². The molecule has 0 amide bonds. The topological polar surface area (TPSA) is 55.4 Å². The summed E-state index contributed by atoms with van der Waals surface area (Å²) >= 11 is 5.98. The molecule has 0 spiro atoms. The van der Waals surface area contributed by atoms with E-state index >= 15 is 0 Å². The smallest absolute Gasteiger partial charge is 0.267 e. The maximum Gasteiger partial charge on any atom is 0.267 e. The van der Waals surface area contributed by atoms with Crippen LogP contribution in [0.2, 0.25) is 5.02 Å². The van der Waals surface area contributed by atoms with Crippen molar-refractivity contribution in [2.75, 3.05) is 18.9 Å². The molecule has 0 bridgehead atoms. The van der Waals surface area contributed by atoms with Crippen LogP contribution in [0.25, 0.3) is 0 Å². The predicted octanol–water partition coefficient (Wildman–Crippen LogP) is 3.89. The summed E-state index contributed by atoms with van der Waals surface area (Å²) in [6.07, 6.45) is 5.95. The van der Waals surface area contributed by atoms with Gasteiger partial charge >= 0.3 is 0 Å². The summed E-state index contributed by atoms with van der Waals surface area (Å²) in [5.74, 6) is 0.381. The highest BCUT2D eigenvalue weighted by atomic mass is 35.5. The first kappa shape index (κ1) is 19.2. The van der Waals surface area contributed by atoms with Crippen LogP contribution in [0.4, 0.5) is 0 Å². The van der Waals surface area contributed by atoms with E-state index in [1.807, 2.05) is 24.3 Å². The Kier molecular flexibility index (Phi) is 6.09. The van der Waals surface area contributed by atoms with E-state index in [0.717, 1.165) is 38.6 Å². The van der Waals surface area contributed by atoms with E-state index in [1.54, 1.807) is 0 Å². The number of piperidine rings is 1. The van der Waals surface area contributed by atoms with Gasteiger partial charge in [0.2, 0.25) is 0 Å². The third-order valence-electron chi connectivity index (χ3n) is 5.84. The Morgan fingerprint density at radius 1 is 1.24 bits per heavy atom. The van der Waals surface area contributed by atoms with E-state index in [1.165, 1.54) is 5.56 Å². The Labute approximate surface area is 156 Å². The Hall–Kier alpha value is -0.620. The fraction of sp³-hybridized carbons (Fsp3) is 0.684. The fourth-order valence-electron chi connectivity index (χ4n) is 3.87. The van der Waals surface area contributed by atoms with Crippen molar-refractivity contribution in [1.29, 1.82) is 0 Å². The number of hydrogen-bond donors (Lipinski definition) is 1. The maximum atomic E-state index is 12.3. The molecule has 25 heavy (non-hydrogen) atoms. The SMILES string of the molecule is CC1CCC(COS(=O)(=O)CCC2(c3ccc(Cl)cc3)CCC2)CN1. The molecule has 1 saturated carbocycles. The van der Waals surface area contributed by atoms with Crippen molar-refractivity contribution in [3.05, 3.63) is 34.9 Å². The van der Waals surface area contributed by atoms with Gasteiger partial charge in [0.15, 0.2) is 0 Å². The fourth-order valence-corrected chi connectivity index (χ4v) is 5.15. The van der Waals surface area contributed by atoms with Crippen molar-refractivity contribution in [3.63, 3.8) is 0 Å². The summed E-state index contributed by atoms with van der Waals surface area (Å²) in [4.78, 5) is 0. The van der Waals surface area contributed by atoms with Crippen LogP contribution in [0.3, 0.4) is 0 Å². The predicted molar refractivity (Wildman–Crippen MR) is 102 cm³/mol. The average molecular weight is 386 g/mol. The molecule has 0 aromatic heterocycles. The monoisotopic (exact) mass is 385 g/mol. The van der Waals surface area contributed by atoms with Crippen molar-refractivity contribution >= 4 is 21.7 Å². The molecule has 1 saturated heterocycles.